The van der Waals surface area contributed by atoms with Crippen molar-refractivity contribution in [3.8, 4) is 0 Å². The van der Waals surface area contributed by atoms with E-state index in [1.807, 2.05) is 6.92 Å². The van der Waals surface area contributed by atoms with Gasteiger partial charge in [0.2, 0.25) is 5.01 Å². The molecule has 0 saturated heterocycles. The highest BCUT2D eigenvalue weighted by molar-refractivity contribution is 7.13. The largest absolute Gasteiger partial charge is 0.347 e. The third-order valence-electron chi connectivity index (χ3n) is 2.16. The lowest BCUT2D eigenvalue weighted by atomic mass is 9.93. The van der Waals surface area contributed by atoms with Crippen LogP contribution in [0.1, 0.15) is 34.1 Å². The number of carbonyl (C=O) groups is 1. The summed E-state index contributed by atoms with van der Waals surface area (Å²) < 4.78 is 0. The molecule has 5 heteroatoms. The van der Waals surface area contributed by atoms with Crippen LogP contribution in [0.5, 0.6) is 0 Å². The van der Waals surface area contributed by atoms with Crippen molar-refractivity contribution in [2.24, 2.45) is 0 Å². The van der Waals surface area contributed by atoms with Crippen LogP contribution in [0, 0.1) is 6.92 Å². The van der Waals surface area contributed by atoms with Crippen LogP contribution in [0.25, 0.3) is 0 Å². The highest BCUT2D eigenvalue weighted by atomic mass is 32.1. The van der Waals surface area contributed by atoms with E-state index in [2.05, 4.69) is 15.5 Å². The van der Waals surface area contributed by atoms with Gasteiger partial charge in [0, 0.05) is 6.04 Å². The van der Waals surface area contributed by atoms with Gasteiger partial charge in [-0.2, -0.15) is 0 Å². The van der Waals surface area contributed by atoms with Crippen molar-refractivity contribution in [3.63, 3.8) is 0 Å². The normalized spacial score (nSPS) is 16.7. The molecule has 0 atom stereocenters. The first-order valence-electron chi connectivity index (χ1n) is 4.36. The SMILES string of the molecule is Cc1nnc(C(=O)NC2CCC2)s1. The summed E-state index contributed by atoms with van der Waals surface area (Å²) in [5.41, 5.74) is 0. The van der Waals surface area contributed by atoms with Gasteiger partial charge in [-0.15, -0.1) is 10.2 Å². The molecule has 1 aliphatic carbocycles. The van der Waals surface area contributed by atoms with Crippen LogP contribution in [-0.2, 0) is 0 Å². The maximum atomic E-state index is 11.5. The Labute approximate surface area is 80.4 Å². The van der Waals surface area contributed by atoms with E-state index in [9.17, 15) is 4.79 Å². The van der Waals surface area contributed by atoms with Crippen LogP contribution in [-0.4, -0.2) is 22.1 Å². The molecule has 0 aliphatic heterocycles. The highest BCUT2D eigenvalue weighted by Gasteiger charge is 2.21. The van der Waals surface area contributed by atoms with Gasteiger partial charge in [0.05, 0.1) is 0 Å². The number of aromatic nitrogens is 2. The van der Waals surface area contributed by atoms with E-state index in [1.165, 1.54) is 17.8 Å². The maximum Gasteiger partial charge on any atom is 0.282 e. The van der Waals surface area contributed by atoms with Gasteiger partial charge in [-0.1, -0.05) is 11.3 Å². The molecule has 1 heterocycles. The van der Waals surface area contributed by atoms with Crippen LogP contribution in [0.3, 0.4) is 0 Å². The summed E-state index contributed by atoms with van der Waals surface area (Å²) in [6.45, 7) is 1.85. The molecule has 0 unspecified atom stereocenters. The number of carbonyl (C=O) groups excluding carboxylic acids is 1. The highest BCUT2D eigenvalue weighted by Crippen LogP contribution is 2.19. The van der Waals surface area contributed by atoms with Gasteiger partial charge in [-0.05, 0) is 26.2 Å². The van der Waals surface area contributed by atoms with Gasteiger partial charge in [0.1, 0.15) is 5.01 Å². The monoisotopic (exact) mass is 197 g/mol. The minimum absolute atomic E-state index is 0.0738. The summed E-state index contributed by atoms with van der Waals surface area (Å²) >= 11 is 1.34. The Balaban J connectivity index is 1.96. The van der Waals surface area contributed by atoms with Gasteiger partial charge in [0.25, 0.3) is 5.91 Å². The van der Waals surface area contributed by atoms with Gasteiger partial charge < -0.3 is 5.32 Å². The molecule has 1 saturated carbocycles. The van der Waals surface area contributed by atoms with Crippen molar-refractivity contribution in [2.75, 3.05) is 0 Å². The lowest BCUT2D eigenvalue weighted by Gasteiger charge is -2.25. The lowest BCUT2D eigenvalue weighted by molar-refractivity contribution is 0.0916. The third kappa shape index (κ3) is 1.85. The predicted molar refractivity (Wildman–Crippen MR) is 49.8 cm³/mol. The Morgan fingerprint density at radius 3 is 2.77 bits per heavy atom. The molecule has 1 N–H and O–H groups in total. The summed E-state index contributed by atoms with van der Waals surface area (Å²) in [4.78, 5) is 11.5. The number of rotatable bonds is 2. The van der Waals surface area contributed by atoms with Gasteiger partial charge in [-0.25, -0.2) is 0 Å². The molecule has 1 aromatic rings. The molecule has 1 amide bonds. The zero-order valence-electron chi connectivity index (χ0n) is 7.41. The second-order valence-electron chi connectivity index (χ2n) is 3.23. The van der Waals surface area contributed by atoms with E-state index in [0.717, 1.165) is 17.8 Å². The molecule has 13 heavy (non-hydrogen) atoms. The Morgan fingerprint density at radius 1 is 1.54 bits per heavy atom. The molecule has 0 bridgehead atoms. The average Bonchev–Trinajstić information content (AvgIpc) is 2.44. The van der Waals surface area contributed by atoms with Crippen molar-refractivity contribution in [1.29, 1.82) is 0 Å². The molecule has 0 aromatic carbocycles. The van der Waals surface area contributed by atoms with E-state index in [1.54, 1.807) is 0 Å². The third-order valence-corrected chi connectivity index (χ3v) is 3.00. The van der Waals surface area contributed by atoms with Crippen molar-refractivity contribution >= 4 is 17.2 Å². The fraction of sp³-hybridized carbons (Fsp3) is 0.625. The molecule has 0 spiro atoms. The topological polar surface area (TPSA) is 54.9 Å². The number of amides is 1. The molecule has 70 valence electrons. The zero-order valence-corrected chi connectivity index (χ0v) is 8.23. The van der Waals surface area contributed by atoms with Gasteiger partial charge in [-0.3, -0.25) is 4.79 Å². The van der Waals surface area contributed by atoms with E-state index in [-0.39, 0.29) is 5.91 Å². The number of aryl methyl sites for hydroxylation is 1. The number of nitrogens with zero attached hydrogens (tertiary/aromatic N) is 2. The smallest absolute Gasteiger partial charge is 0.282 e. The van der Waals surface area contributed by atoms with Crippen molar-refractivity contribution in [1.82, 2.24) is 15.5 Å². The van der Waals surface area contributed by atoms with Crippen LogP contribution < -0.4 is 5.32 Å². The first kappa shape index (κ1) is 8.62. The predicted octanol–water partition coefficient (Wildman–Crippen LogP) is 1.13. The molecular formula is C8H11N3OS. The maximum absolute atomic E-state index is 11.5. The zero-order chi connectivity index (χ0) is 9.26. The van der Waals surface area contributed by atoms with Crippen LogP contribution in [0.4, 0.5) is 0 Å². The van der Waals surface area contributed by atoms with Gasteiger partial charge in [0.15, 0.2) is 0 Å². The quantitative estimate of drug-likeness (QED) is 0.773. The molecule has 1 aromatic heterocycles. The van der Waals surface area contributed by atoms with E-state index in [4.69, 9.17) is 0 Å². The Hall–Kier alpha value is -0.970. The summed E-state index contributed by atoms with van der Waals surface area (Å²) in [5.74, 6) is -0.0738. The van der Waals surface area contributed by atoms with Gasteiger partial charge >= 0.3 is 0 Å². The first-order chi connectivity index (χ1) is 6.25. The van der Waals surface area contributed by atoms with E-state index < -0.39 is 0 Å². The molecular weight excluding hydrogens is 186 g/mol. The van der Waals surface area contributed by atoms with Crippen LogP contribution in [0.15, 0.2) is 0 Å². The standard InChI is InChI=1S/C8H11N3OS/c1-5-10-11-8(13-5)7(12)9-6-3-2-4-6/h6H,2-4H2,1H3,(H,9,12). The van der Waals surface area contributed by atoms with Crippen LogP contribution >= 0.6 is 11.3 Å². The second kappa shape index (κ2) is 3.41. The number of hydrogen-bond acceptors (Lipinski definition) is 4. The summed E-state index contributed by atoms with van der Waals surface area (Å²) in [5, 5.41) is 11.8. The van der Waals surface area contributed by atoms with Crippen molar-refractivity contribution in [3.05, 3.63) is 10.0 Å². The minimum atomic E-state index is -0.0738. The minimum Gasteiger partial charge on any atom is -0.347 e. The second-order valence-corrected chi connectivity index (χ2v) is 4.41. The van der Waals surface area contributed by atoms with Crippen molar-refractivity contribution < 1.29 is 4.79 Å². The summed E-state index contributed by atoms with van der Waals surface area (Å²) in [6.07, 6.45) is 3.42. The first-order valence-corrected chi connectivity index (χ1v) is 5.18. The average molecular weight is 197 g/mol. The number of nitrogens with one attached hydrogen (secondary N) is 1. The van der Waals surface area contributed by atoms with E-state index in [0.29, 0.717) is 11.0 Å². The molecule has 4 nitrogen and oxygen atoms in total. The number of hydrogen-bond donors (Lipinski definition) is 1. The molecule has 1 aliphatic rings. The van der Waals surface area contributed by atoms with Crippen molar-refractivity contribution in [2.45, 2.75) is 32.2 Å². The lowest BCUT2D eigenvalue weighted by Crippen LogP contribution is -2.39. The fourth-order valence-electron chi connectivity index (χ4n) is 1.19. The molecule has 0 radical (unpaired) electrons. The Kier molecular flexibility index (Phi) is 2.26. The molecule has 1 fully saturated rings. The summed E-state index contributed by atoms with van der Waals surface area (Å²) in [7, 11) is 0. The fourth-order valence-corrected chi connectivity index (χ4v) is 1.78. The molecule has 2 rings (SSSR count). The van der Waals surface area contributed by atoms with Crippen LogP contribution in [0.2, 0.25) is 0 Å². The van der Waals surface area contributed by atoms with E-state index >= 15 is 0 Å². The Bertz CT molecular complexity index is 319. The summed E-state index contributed by atoms with van der Waals surface area (Å²) in [6, 6.07) is 0.372. The Morgan fingerprint density at radius 2 is 2.31 bits per heavy atom.